The number of allylic oxidation sites excluding steroid dienone is 2. The van der Waals surface area contributed by atoms with E-state index in [1.54, 1.807) is 0 Å². The first-order valence-electron chi connectivity index (χ1n) is 14.4. The first-order chi connectivity index (χ1) is 15.9. The van der Waals surface area contributed by atoms with E-state index in [1.807, 2.05) is 0 Å². The molecule has 8 atom stereocenters. The Hall–Kier alpha value is -1.12. The monoisotopic (exact) mass is 470 g/mol. The zero-order chi connectivity index (χ0) is 24.9. The molecule has 1 N–H and O–H groups in total. The molecule has 0 aromatic rings. The van der Waals surface area contributed by atoms with Crippen molar-refractivity contribution in [2.75, 3.05) is 0 Å². The maximum atomic E-state index is 13.1. The van der Waals surface area contributed by atoms with Gasteiger partial charge in [-0.2, -0.15) is 0 Å². The van der Waals surface area contributed by atoms with Gasteiger partial charge in [0.15, 0.2) is 0 Å². The molecule has 0 bridgehead atoms. The van der Waals surface area contributed by atoms with E-state index >= 15 is 0 Å². The highest BCUT2D eigenvalue weighted by Crippen LogP contribution is 2.68. The molecule has 0 aromatic carbocycles. The lowest BCUT2D eigenvalue weighted by Crippen LogP contribution is -2.53. The molecule has 3 heteroatoms. The van der Waals surface area contributed by atoms with Crippen LogP contribution in [-0.2, 0) is 9.59 Å². The molecule has 4 rings (SSSR count). The van der Waals surface area contributed by atoms with Gasteiger partial charge in [-0.1, -0.05) is 72.5 Å². The minimum atomic E-state index is -0.782. The number of rotatable bonds is 8. The number of fused-ring (bicyclic) bond motifs is 5. The van der Waals surface area contributed by atoms with Crippen LogP contribution in [0.25, 0.3) is 0 Å². The predicted molar refractivity (Wildman–Crippen MR) is 138 cm³/mol. The molecule has 34 heavy (non-hydrogen) atoms. The van der Waals surface area contributed by atoms with E-state index in [-0.39, 0.29) is 17.6 Å². The van der Waals surface area contributed by atoms with Gasteiger partial charge in [-0.05, 0) is 91.3 Å². The molecular weight excluding hydrogens is 420 g/mol. The van der Waals surface area contributed by atoms with Crippen molar-refractivity contribution in [1.82, 2.24) is 0 Å². The quantitative estimate of drug-likeness (QED) is 0.365. The van der Waals surface area contributed by atoms with E-state index in [4.69, 9.17) is 0 Å². The highest BCUT2D eigenvalue weighted by atomic mass is 16.4. The summed E-state index contributed by atoms with van der Waals surface area (Å²) in [5.41, 5.74) is 1.42. The first kappa shape index (κ1) is 26.0. The minimum Gasteiger partial charge on any atom is -0.481 e. The molecule has 0 heterocycles. The number of carbonyl (C=O) groups excluding carboxylic acids is 1. The van der Waals surface area contributed by atoms with Gasteiger partial charge in [0.25, 0.3) is 0 Å². The lowest BCUT2D eigenvalue weighted by Gasteiger charge is -2.60. The van der Waals surface area contributed by atoms with E-state index in [1.165, 1.54) is 50.5 Å². The van der Waals surface area contributed by atoms with Crippen molar-refractivity contribution in [3.05, 3.63) is 11.6 Å². The summed E-state index contributed by atoms with van der Waals surface area (Å²) >= 11 is 0. The molecule has 3 saturated carbocycles. The highest BCUT2D eigenvalue weighted by molar-refractivity contribution is 5.88. The lowest BCUT2D eigenvalue weighted by molar-refractivity contribution is -0.141. The SMILES string of the molecule is CC(C)CCC[C@@H](C)C1CC[C@H]2[C@@H]3CC=C4CC(=O)[C@](C)(CCC(=O)O)C[C@]4(C)[C@H]3CC[C@]12C. The van der Waals surface area contributed by atoms with Gasteiger partial charge in [0.05, 0.1) is 0 Å². The van der Waals surface area contributed by atoms with Gasteiger partial charge >= 0.3 is 5.97 Å². The Balaban J connectivity index is 1.52. The summed E-state index contributed by atoms with van der Waals surface area (Å²) in [4.78, 5) is 24.4. The second-order valence-corrected chi connectivity index (χ2v) is 14.0. The molecule has 1 unspecified atom stereocenters. The second-order valence-electron chi connectivity index (χ2n) is 14.0. The van der Waals surface area contributed by atoms with Gasteiger partial charge in [0.1, 0.15) is 5.78 Å². The van der Waals surface area contributed by atoms with Gasteiger partial charge in [-0.25, -0.2) is 0 Å². The van der Waals surface area contributed by atoms with Crippen molar-refractivity contribution < 1.29 is 14.7 Å². The standard InChI is InChI=1S/C31H50O3/c1-20(2)8-7-9-21(3)24-12-13-25-23-11-10-22-18-27(32)29(4,16-15-28(33)34)19-31(22,6)26(23)14-17-30(24,25)5/h10,20-21,23-26H,7-9,11-19H2,1-6H3,(H,33,34)/t21-,23+,24?,25+,26+,29-,30-,31+/m1/s1. The van der Waals surface area contributed by atoms with Crippen LogP contribution in [0.2, 0.25) is 0 Å². The summed E-state index contributed by atoms with van der Waals surface area (Å²) in [5.74, 6) is 4.17. The van der Waals surface area contributed by atoms with Crippen molar-refractivity contribution in [1.29, 1.82) is 0 Å². The highest BCUT2D eigenvalue weighted by Gasteiger charge is 2.61. The zero-order valence-electron chi connectivity index (χ0n) is 22.8. The molecule has 4 aliphatic rings. The number of Topliss-reactive ketones (excluding diaryl/α,β-unsaturated/α-hetero) is 1. The first-order valence-corrected chi connectivity index (χ1v) is 14.4. The molecule has 0 amide bonds. The summed E-state index contributed by atoms with van der Waals surface area (Å²) in [6.07, 6.45) is 15.1. The number of carboxylic acids is 1. The van der Waals surface area contributed by atoms with Crippen molar-refractivity contribution in [3.8, 4) is 0 Å². The Morgan fingerprint density at radius 2 is 1.82 bits per heavy atom. The Bertz CT molecular complexity index is 827. The van der Waals surface area contributed by atoms with Crippen LogP contribution in [0.4, 0.5) is 0 Å². The fourth-order valence-electron chi connectivity index (χ4n) is 9.61. The van der Waals surface area contributed by atoms with E-state index in [2.05, 4.69) is 47.6 Å². The van der Waals surface area contributed by atoms with Crippen LogP contribution in [0.3, 0.4) is 0 Å². The third kappa shape index (κ3) is 4.43. The summed E-state index contributed by atoms with van der Waals surface area (Å²) in [6.45, 7) is 14.3. The van der Waals surface area contributed by atoms with Crippen LogP contribution in [0.15, 0.2) is 11.6 Å². The van der Waals surface area contributed by atoms with Crippen LogP contribution >= 0.6 is 0 Å². The van der Waals surface area contributed by atoms with Gasteiger partial charge in [-0.15, -0.1) is 0 Å². The number of hydrogen-bond acceptors (Lipinski definition) is 2. The largest absolute Gasteiger partial charge is 0.481 e. The summed E-state index contributed by atoms with van der Waals surface area (Å²) in [6, 6.07) is 0. The number of aliphatic carboxylic acids is 1. The molecule has 0 spiro atoms. The number of hydrogen-bond donors (Lipinski definition) is 1. The summed E-state index contributed by atoms with van der Waals surface area (Å²) < 4.78 is 0. The van der Waals surface area contributed by atoms with Crippen LogP contribution in [0, 0.1) is 51.8 Å². The van der Waals surface area contributed by atoms with Crippen molar-refractivity contribution in [2.45, 2.75) is 119 Å². The maximum absolute atomic E-state index is 13.1. The number of carboxylic acid groups (broad SMARTS) is 1. The Kier molecular flexibility index (Phi) is 7.17. The van der Waals surface area contributed by atoms with Crippen LogP contribution < -0.4 is 0 Å². The van der Waals surface area contributed by atoms with E-state index in [0.29, 0.717) is 24.2 Å². The molecular formula is C31H50O3. The topological polar surface area (TPSA) is 54.4 Å². The van der Waals surface area contributed by atoms with Crippen molar-refractivity contribution in [2.24, 2.45) is 51.8 Å². The maximum Gasteiger partial charge on any atom is 0.303 e. The lowest BCUT2D eigenvalue weighted by atomic mass is 9.44. The normalized spacial score (nSPS) is 42.6. The van der Waals surface area contributed by atoms with Gasteiger partial charge < -0.3 is 5.11 Å². The Morgan fingerprint density at radius 1 is 1.09 bits per heavy atom. The van der Waals surface area contributed by atoms with E-state index in [0.717, 1.165) is 42.4 Å². The Morgan fingerprint density at radius 3 is 2.50 bits per heavy atom. The van der Waals surface area contributed by atoms with Gasteiger partial charge in [0.2, 0.25) is 0 Å². The second kappa shape index (κ2) is 9.40. The number of carbonyl (C=O) groups is 2. The fourth-order valence-corrected chi connectivity index (χ4v) is 9.61. The predicted octanol–water partition coefficient (Wildman–Crippen LogP) is 8.08. The van der Waals surface area contributed by atoms with Gasteiger partial charge in [-0.3, -0.25) is 9.59 Å². The van der Waals surface area contributed by atoms with E-state index < -0.39 is 11.4 Å². The Labute approximate surface area is 208 Å². The molecule has 0 radical (unpaired) electrons. The molecule has 0 aromatic heterocycles. The van der Waals surface area contributed by atoms with Crippen LogP contribution in [-0.4, -0.2) is 16.9 Å². The smallest absolute Gasteiger partial charge is 0.303 e. The average molecular weight is 471 g/mol. The fraction of sp³-hybridized carbons (Fsp3) is 0.871. The van der Waals surface area contributed by atoms with Crippen molar-refractivity contribution in [3.63, 3.8) is 0 Å². The molecule has 4 aliphatic carbocycles. The minimum absolute atomic E-state index is 0.0619. The third-order valence-corrected chi connectivity index (χ3v) is 11.5. The average Bonchev–Trinajstić information content (AvgIpc) is 3.10. The zero-order valence-corrected chi connectivity index (χ0v) is 22.8. The molecule has 0 aliphatic heterocycles. The third-order valence-electron chi connectivity index (χ3n) is 11.5. The van der Waals surface area contributed by atoms with E-state index in [9.17, 15) is 14.7 Å². The summed E-state index contributed by atoms with van der Waals surface area (Å²) in [5, 5.41) is 9.29. The van der Waals surface area contributed by atoms with Crippen molar-refractivity contribution >= 4 is 11.8 Å². The molecule has 3 nitrogen and oxygen atoms in total. The van der Waals surface area contributed by atoms with Gasteiger partial charge in [0, 0.05) is 18.3 Å². The number of ketones is 1. The molecule has 192 valence electrons. The van der Waals surface area contributed by atoms with Crippen LogP contribution in [0.1, 0.15) is 119 Å². The molecule has 0 saturated heterocycles. The summed E-state index contributed by atoms with van der Waals surface area (Å²) in [7, 11) is 0. The van der Waals surface area contributed by atoms with Crippen LogP contribution in [0.5, 0.6) is 0 Å². The molecule has 3 fully saturated rings.